The summed E-state index contributed by atoms with van der Waals surface area (Å²) in [7, 11) is 3.05. The van der Waals surface area contributed by atoms with E-state index >= 15 is 0 Å². The number of nitrogens with one attached hydrogen (secondary N) is 2. The number of amides is 2. The van der Waals surface area contributed by atoms with Crippen molar-refractivity contribution in [3.05, 3.63) is 0 Å². The molecule has 0 bridgehead atoms. The summed E-state index contributed by atoms with van der Waals surface area (Å²) in [5, 5.41) is 8.46. The van der Waals surface area contributed by atoms with Gasteiger partial charge in [0, 0.05) is 34.3 Å². The van der Waals surface area contributed by atoms with Gasteiger partial charge < -0.3 is 10.2 Å². The van der Waals surface area contributed by atoms with Crippen LogP contribution in [0.1, 0.15) is 21.3 Å². The molecule has 0 unspecified atom stereocenters. The fourth-order valence-electron chi connectivity index (χ4n) is 0.111. The Labute approximate surface area is 96.9 Å². The molecule has 0 aliphatic rings. The normalized spacial score (nSPS) is 6.00. The van der Waals surface area contributed by atoms with E-state index in [0.29, 0.717) is 0 Å². The summed E-state index contributed by atoms with van der Waals surface area (Å²) in [6.45, 7) is 8.87. The molecule has 7 heteroatoms. The predicted octanol–water partition coefficient (Wildman–Crippen LogP) is 0.375. The first-order chi connectivity index (χ1) is 6.95. The molecule has 0 spiro atoms. The van der Waals surface area contributed by atoms with Crippen LogP contribution in [0.3, 0.4) is 0 Å². The molecule has 0 aromatic carbocycles. The third-order valence-electron chi connectivity index (χ3n) is 0.718. The highest BCUT2D eigenvalue weighted by Crippen LogP contribution is 1.53. The van der Waals surface area contributed by atoms with E-state index in [-0.39, 0.29) is 19.2 Å². The molecular formula is C9H22N4O3. The number of hydrazone groups is 1. The lowest BCUT2D eigenvalue weighted by Gasteiger charge is -1.82. The predicted molar refractivity (Wildman–Crippen MR) is 66.4 cm³/mol. The van der Waals surface area contributed by atoms with Crippen molar-refractivity contribution in [3.63, 3.8) is 0 Å². The molecule has 0 aromatic heterocycles. The van der Waals surface area contributed by atoms with Gasteiger partial charge in [-0.25, -0.2) is 5.43 Å². The van der Waals surface area contributed by atoms with Gasteiger partial charge in [-0.1, -0.05) is 7.43 Å². The fourth-order valence-corrected chi connectivity index (χ4v) is 0.111. The Balaban J connectivity index is -0.0000000668. The van der Waals surface area contributed by atoms with Crippen LogP contribution < -0.4 is 10.7 Å². The van der Waals surface area contributed by atoms with E-state index in [1.807, 2.05) is 0 Å². The summed E-state index contributed by atoms with van der Waals surface area (Å²) in [6.07, 6.45) is 0. The van der Waals surface area contributed by atoms with E-state index in [0.717, 1.165) is 0 Å². The maximum atomic E-state index is 9.80. The van der Waals surface area contributed by atoms with Crippen molar-refractivity contribution >= 4 is 25.2 Å². The SMILES string of the molecule is C.C=NNC(C)=O.C=NOC.CNC(C)=O. The van der Waals surface area contributed by atoms with Gasteiger partial charge in [0.15, 0.2) is 0 Å². The zero-order valence-electron chi connectivity index (χ0n) is 9.53. The Bertz CT molecular complexity index is 195. The minimum absolute atomic E-state index is 0. The fraction of sp³-hybridized carbons (Fsp3) is 0.556. The number of hydrogen-bond acceptors (Lipinski definition) is 5. The minimum Gasteiger partial charge on any atom is -0.400 e. The molecule has 0 rings (SSSR count). The molecule has 7 nitrogen and oxygen atoms in total. The summed E-state index contributed by atoms with van der Waals surface area (Å²) < 4.78 is 0. The second-order valence-electron chi connectivity index (χ2n) is 1.94. The van der Waals surface area contributed by atoms with Gasteiger partial charge in [0.2, 0.25) is 11.8 Å². The Morgan fingerprint density at radius 3 is 1.50 bits per heavy atom. The van der Waals surface area contributed by atoms with Crippen LogP contribution in [0.5, 0.6) is 0 Å². The topological polar surface area (TPSA) is 92.2 Å². The first kappa shape index (κ1) is 23.7. The number of rotatable bonds is 2. The van der Waals surface area contributed by atoms with Gasteiger partial charge >= 0.3 is 0 Å². The lowest BCUT2D eigenvalue weighted by molar-refractivity contribution is -0.119. The molecule has 0 aliphatic heterocycles. The number of carbonyl (C=O) groups excluding carboxylic acids is 2. The third kappa shape index (κ3) is 89.1. The second kappa shape index (κ2) is 23.2. The molecule has 0 radical (unpaired) electrons. The largest absolute Gasteiger partial charge is 0.400 e. The van der Waals surface area contributed by atoms with Crippen molar-refractivity contribution in [2.24, 2.45) is 10.3 Å². The van der Waals surface area contributed by atoms with Gasteiger partial charge in [-0.05, 0) is 0 Å². The molecule has 0 saturated carbocycles. The van der Waals surface area contributed by atoms with Gasteiger partial charge in [0.05, 0.1) is 0 Å². The van der Waals surface area contributed by atoms with Gasteiger partial charge in [0.1, 0.15) is 7.11 Å². The summed E-state index contributed by atoms with van der Waals surface area (Å²) in [5.41, 5.74) is 2.08. The van der Waals surface area contributed by atoms with Crippen LogP contribution in [0.2, 0.25) is 0 Å². The van der Waals surface area contributed by atoms with E-state index < -0.39 is 0 Å². The first-order valence-electron chi connectivity index (χ1n) is 3.86. The smallest absolute Gasteiger partial charge is 0.236 e. The highest BCUT2D eigenvalue weighted by Gasteiger charge is 1.77. The average molecular weight is 234 g/mol. The maximum absolute atomic E-state index is 9.80. The molecule has 2 N–H and O–H groups in total. The summed E-state index contributed by atoms with van der Waals surface area (Å²) in [6, 6.07) is 0. The van der Waals surface area contributed by atoms with Crippen molar-refractivity contribution in [2.75, 3.05) is 14.2 Å². The average Bonchev–Trinajstić information content (AvgIpc) is 2.19. The molecule has 16 heavy (non-hydrogen) atoms. The number of hydrogen-bond donors (Lipinski definition) is 2. The van der Waals surface area contributed by atoms with Gasteiger partial charge in [-0.15, -0.1) is 5.16 Å². The Morgan fingerprint density at radius 2 is 1.50 bits per heavy atom. The van der Waals surface area contributed by atoms with Crippen LogP contribution in [-0.4, -0.2) is 39.4 Å². The second-order valence-corrected chi connectivity index (χ2v) is 1.94. The van der Waals surface area contributed by atoms with Crippen molar-refractivity contribution in [1.29, 1.82) is 0 Å². The zero-order valence-corrected chi connectivity index (χ0v) is 9.53. The van der Waals surface area contributed by atoms with E-state index in [4.69, 9.17) is 0 Å². The first-order valence-corrected chi connectivity index (χ1v) is 3.86. The molecule has 0 atom stereocenters. The number of carbonyl (C=O) groups is 2. The van der Waals surface area contributed by atoms with Crippen LogP contribution in [-0.2, 0) is 14.4 Å². The molecular weight excluding hydrogens is 212 g/mol. The molecule has 0 saturated heterocycles. The Kier molecular flexibility index (Phi) is 34.3. The van der Waals surface area contributed by atoms with E-state index in [1.54, 1.807) is 7.05 Å². The Hall–Kier alpha value is -1.92. The quantitative estimate of drug-likeness (QED) is 0.534. The monoisotopic (exact) mass is 234 g/mol. The summed E-state index contributed by atoms with van der Waals surface area (Å²) in [5.74, 6) is -0.185. The molecule has 2 amide bonds. The van der Waals surface area contributed by atoms with Crippen molar-refractivity contribution in [2.45, 2.75) is 21.3 Å². The Morgan fingerprint density at radius 1 is 1.19 bits per heavy atom. The molecule has 0 aliphatic carbocycles. The van der Waals surface area contributed by atoms with E-state index in [9.17, 15) is 9.59 Å². The standard InChI is InChI=1S/C3H6N2O.C3H7NO.C2H5NO.CH4/c1-3(6)5-4-2;1-3(5)4-2;1-3-4-2;/h2H2,1H3,(H,5,6);1-2H3,(H,4,5);1H2,2H3;1H4. The maximum Gasteiger partial charge on any atom is 0.236 e. The van der Waals surface area contributed by atoms with Crippen LogP contribution in [0, 0.1) is 0 Å². The van der Waals surface area contributed by atoms with Crippen LogP contribution in [0.15, 0.2) is 10.3 Å². The van der Waals surface area contributed by atoms with Crippen molar-refractivity contribution in [1.82, 2.24) is 10.7 Å². The lowest BCUT2D eigenvalue weighted by Crippen LogP contribution is -2.11. The molecule has 96 valence electrons. The van der Waals surface area contributed by atoms with Gasteiger partial charge in [-0.2, -0.15) is 5.10 Å². The highest BCUT2D eigenvalue weighted by molar-refractivity contribution is 5.72. The van der Waals surface area contributed by atoms with Crippen LogP contribution >= 0.6 is 0 Å². The number of nitrogens with zero attached hydrogens (tertiary/aromatic N) is 2. The summed E-state index contributed by atoms with van der Waals surface area (Å²) in [4.78, 5) is 23.6. The van der Waals surface area contributed by atoms with Gasteiger partial charge in [0.25, 0.3) is 0 Å². The summed E-state index contributed by atoms with van der Waals surface area (Å²) >= 11 is 0. The van der Waals surface area contributed by atoms with Crippen molar-refractivity contribution < 1.29 is 14.4 Å². The van der Waals surface area contributed by atoms with E-state index in [2.05, 4.69) is 39.3 Å². The van der Waals surface area contributed by atoms with Crippen molar-refractivity contribution in [3.8, 4) is 0 Å². The third-order valence-corrected chi connectivity index (χ3v) is 0.718. The minimum atomic E-state index is -0.190. The highest BCUT2D eigenvalue weighted by atomic mass is 16.6. The van der Waals surface area contributed by atoms with Crippen LogP contribution in [0.25, 0.3) is 0 Å². The lowest BCUT2D eigenvalue weighted by atomic mass is 10.7. The zero-order chi connectivity index (χ0) is 12.7. The van der Waals surface area contributed by atoms with Crippen LogP contribution in [0.4, 0.5) is 0 Å². The van der Waals surface area contributed by atoms with E-state index in [1.165, 1.54) is 21.0 Å². The van der Waals surface area contributed by atoms with Gasteiger partial charge in [-0.3, -0.25) is 9.59 Å². The molecule has 0 fully saturated rings. The number of oxime groups is 1. The molecule has 0 heterocycles. The molecule has 0 aromatic rings.